The molecule has 118 valence electrons. The standard InChI is InChI=1S/C12H10ClF6NO/c13-5-1-2-10(21)20-9-4-3-7(11(14,15)16)6-8(9)12(17,18)19/h3-4,6H,1-2,5H2,(H,20,21). The van der Waals surface area contributed by atoms with Gasteiger partial charge in [0.1, 0.15) is 0 Å². The van der Waals surface area contributed by atoms with Crippen LogP contribution in [-0.2, 0) is 17.1 Å². The Kier molecular flexibility index (Phi) is 5.49. The fraction of sp³-hybridized carbons (Fsp3) is 0.417. The molecule has 1 aromatic carbocycles. The van der Waals surface area contributed by atoms with Crippen molar-refractivity contribution < 1.29 is 31.1 Å². The van der Waals surface area contributed by atoms with Gasteiger partial charge in [-0.2, -0.15) is 26.3 Å². The molecule has 1 rings (SSSR count). The normalized spacial score (nSPS) is 12.3. The lowest BCUT2D eigenvalue weighted by atomic mass is 10.1. The Bertz CT molecular complexity index is 511. The summed E-state index contributed by atoms with van der Waals surface area (Å²) in [5.41, 5.74) is -3.69. The van der Waals surface area contributed by atoms with Crippen molar-refractivity contribution in [1.29, 1.82) is 0 Å². The molecule has 9 heteroatoms. The van der Waals surface area contributed by atoms with Gasteiger partial charge >= 0.3 is 12.4 Å². The average Bonchev–Trinajstić information content (AvgIpc) is 2.34. The van der Waals surface area contributed by atoms with Crippen LogP contribution in [0.15, 0.2) is 18.2 Å². The molecule has 0 saturated heterocycles. The number of carbonyl (C=O) groups is 1. The van der Waals surface area contributed by atoms with E-state index in [9.17, 15) is 31.1 Å². The van der Waals surface area contributed by atoms with Gasteiger partial charge in [0.25, 0.3) is 0 Å². The molecule has 0 atom stereocenters. The van der Waals surface area contributed by atoms with E-state index < -0.39 is 35.1 Å². The summed E-state index contributed by atoms with van der Waals surface area (Å²) in [6.07, 6.45) is -9.80. The van der Waals surface area contributed by atoms with Crippen molar-refractivity contribution in [1.82, 2.24) is 0 Å². The molecule has 0 bridgehead atoms. The van der Waals surface area contributed by atoms with Crippen LogP contribution in [0.5, 0.6) is 0 Å². The molecule has 0 aliphatic rings. The van der Waals surface area contributed by atoms with Crippen LogP contribution in [0.25, 0.3) is 0 Å². The van der Waals surface area contributed by atoms with Crippen LogP contribution < -0.4 is 5.32 Å². The minimum atomic E-state index is -5.02. The molecule has 0 fully saturated rings. The van der Waals surface area contributed by atoms with Crippen molar-refractivity contribution in [2.24, 2.45) is 0 Å². The van der Waals surface area contributed by atoms with Gasteiger partial charge in [-0.15, -0.1) is 11.6 Å². The predicted molar refractivity (Wildman–Crippen MR) is 65.0 cm³/mol. The molecule has 1 N–H and O–H groups in total. The van der Waals surface area contributed by atoms with Gasteiger partial charge in [-0.05, 0) is 24.6 Å². The van der Waals surface area contributed by atoms with E-state index in [1.807, 2.05) is 5.32 Å². The zero-order valence-corrected chi connectivity index (χ0v) is 11.2. The Morgan fingerprint density at radius 3 is 2.19 bits per heavy atom. The highest BCUT2D eigenvalue weighted by Crippen LogP contribution is 2.39. The molecular formula is C12H10ClF6NO. The lowest BCUT2D eigenvalue weighted by Gasteiger charge is -2.16. The van der Waals surface area contributed by atoms with Crippen LogP contribution in [0.4, 0.5) is 32.0 Å². The molecule has 0 aliphatic heterocycles. The van der Waals surface area contributed by atoms with Crippen molar-refractivity contribution in [2.45, 2.75) is 25.2 Å². The number of nitrogens with one attached hydrogen (secondary N) is 1. The summed E-state index contributed by atoms with van der Waals surface area (Å²) in [4.78, 5) is 11.4. The van der Waals surface area contributed by atoms with Crippen LogP contribution in [0.2, 0.25) is 0 Å². The molecular weight excluding hydrogens is 324 g/mol. The Balaban J connectivity index is 3.12. The number of hydrogen-bond acceptors (Lipinski definition) is 1. The second-order valence-electron chi connectivity index (χ2n) is 4.10. The van der Waals surface area contributed by atoms with Crippen LogP contribution in [-0.4, -0.2) is 11.8 Å². The van der Waals surface area contributed by atoms with E-state index in [-0.39, 0.29) is 24.8 Å². The van der Waals surface area contributed by atoms with Crippen molar-refractivity contribution in [3.05, 3.63) is 29.3 Å². The third-order valence-electron chi connectivity index (χ3n) is 2.46. The lowest BCUT2D eigenvalue weighted by Crippen LogP contribution is -2.18. The highest BCUT2D eigenvalue weighted by molar-refractivity contribution is 6.18. The number of hydrogen-bond donors (Lipinski definition) is 1. The Labute approximate surface area is 121 Å². The second-order valence-corrected chi connectivity index (χ2v) is 4.47. The summed E-state index contributed by atoms with van der Waals surface area (Å²) < 4.78 is 75.7. The quantitative estimate of drug-likeness (QED) is 0.629. The zero-order valence-electron chi connectivity index (χ0n) is 10.4. The van der Waals surface area contributed by atoms with Gasteiger partial charge in [0.15, 0.2) is 0 Å². The minimum Gasteiger partial charge on any atom is -0.326 e. The summed E-state index contributed by atoms with van der Waals surface area (Å²) in [6.45, 7) is 0. The Morgan fingerprint density at radius 1 is 1.10 bits per heavy atom. The molecule has 0 aliphatic carbocycles. The van der Waals surface area contributed by atoms with Gasteiger partial charge in [0, 0.05) is 12.3 Å². The number of alkyl halides is 7. The number of benzene rings is 1. The molecule has 0 aromatic heterocycles. The first-order valence-electron chi connectivity index (χ1n) is 5.70. The summed E-state index contributed by atoms with van der Waals surface area (Å²) in [6, 6.07) is 1.04. The number of rotatable bonds is 4. The maximum Gasteiger partial charge on any atom is 0.418 e. The van der Waals surface area contributed by atoms with Gasteiger partial charge < -0.3 is 5.32 Å². The molecule has 1 amide bonds. The van der Waals surface area contributed by atoms with Gasteiger partial charge in [-0.25, -0.2) is 0 Å². The summed E-state index contributed by atoms with van der Waals surface area (Å²) in [5.74, 6) is -0.604. The molecule has 0 heterocycles. The van der Waals surface area contributed by atoms with Crippen LogP contribution >= 0.6 is 11.6 Å². The van der Waals surface area contributed by atoms with E-state index in [0.29, 0.717) is 12.1 Å². The SMILES string of the molecule is O=C(CCCCl)Nc1ccc(C(F)(F)F)cc1C(F)(F)F. The first-order valence-corrected chi connectivity index (χ1v) is 6.23. The van der Waals surface area contributed by atoms with E-state index in [2.05, 4.69) is 0 Å². The van der Waals surface area contributed by atoms with Crippen LogP contribution in [0.3, 0.4) is 0 Å². The number of carbonyl (C=O) groups excluding carboxylic acids is 1. The van der Waals surface area contributed by atoms with E-state index in [0.717, 1.165) is 0 Å². The molecule has 21 heavy (non-hydrogen) atoms. The van der Waals surface area contributed by atoms with E-state index >= 15 is 0 Å². The molecule has 2 nitrogen and oxygen atoms in total. The fourth-order valence-corrected chi connectivity index (χ4v) is 1.64. The maximum atomic E-state index is 12.8. The topological polar surface area (TPSA) is 29.1 Å². The van der Waals surface area contributed by atoms with Gasteiger partial charge in [0.05, 0.1) is 16.8 Å². The Morgan fingerprint density at radius 2 is 1.71 bits per heavy atom. The smallest absolute Gasteiger partial charge is 0.326 e. The van der Waals surface area contributed by atoms with E-state index in [4.69, 9.17) is 11.6 Å². The molecule has 0 saturated carbocycles. The van der Waals surface area contributed by atoms with Gasteiger partial charge in [0.2, 0.25) is 5.91 Å². The number of anilines is 1. The van der Waals surface area contributed by atoms with Crippen LogP contribution in [0, 0.1) is 0 Å². The van der Waals surface area contributed by atoms with Gasteiger partial charge in [-0.1, -0.05) is 0 Å². The van der Waals surface area contributed by atoms with Crippen molar-refractivity contribution in [3.63, 3.8) is 0 Å². The third-order valence-corrected chi connectivity index (χ3v) is 2.73. The van der Waals surface area contributed by atoms with Crippen molar-refractivity contribution in [2.75, 3.05) is 11.2 Å². The summed E-state index contributed by atoms with van der Waals surface area (Å²) in [7, 11) is 0. The third kappa shape index (κ3) is 5.11. The highest BCUT2D eigenvalue weighted by Gasteiger charge is 2.38. The summed E-state index contributed by atoms with van der Waals surface area (Å²) in [5, 5.41) is 1.95. The Hall–Kier alpha value is -1.44. The van der Waals surface area contributed by atoms with Crippen LogP contribution in [0.1, 0.15) is 24.0 Å². The maximum absolute atomic E-state index is 12.8. The minimum absolute atomic E-state index is 0.0306. The summed E-state index contributed by atoms with van der Waals surface area (Å²) >= 11 is 5.34. The monoisotopic (exact) mass is 333 g/mol. The molecule has 0 unspecified atom stereocenters. The molecule has 0 radical (unpaired) electrons. The predicted octanol–water partition coefficient (Wildman–Crippen LogP) is 4.68. The lowest BCUT2D eigenvalue weighted by molar-refractivity contribution is -0.142. The highest BCUT2D eigenvalue weighted by atomic mass is 35.5. The molecule has 0 spiro atoms. The van der Waals surface area contributed by atoms with Crippen molar-refractivity contribution in [3.8, 4) is 0 Å². The average molecular weight is 334 g/mol. The fourth-order valence-electron chi connectivity index (χ4n) is 1.50. The number of halogens is 7. The first kappa shape index (κ1) is 17.6. The second kappa shape index (κ2) is 6.55. The first-order chi connectivity index (χ1) is 9.55. The largest absolute Gasteiger partial charge is 0.418 e. The van der Waals surface area contributed by atoms with E-state index in [1.165, 1.54) is 0 Å². The van der Waals surface area contributed by atoms with Gasteiger partial charge in [-0.3, -0.25) is 4.79 Å². The molecule has 1 aromatic rings. The van der Waals surface area contributed by atoms with Crippen molar-refractivity contribution >= 4 is 23.2 Å². The zero-order chi connectivity index (χ0) is 16.3. The van der Waals surface area contributed by atoms with E-state index in [1.54, 1.807) is 0 Å². The number of amides is 1.